The van der Waals surface area contributed by atoms with Crippen molar-refractivity contribution in [3.8, 4) is 0 Å². The number of amides is 2. The second-order valence-corrected chi connectivity index (χ2v) is 5.05. The Morgan fingerprint density at radius 1 is 1.40 bits per heavy atom. The minimum atomic E-state index is -4.21. The topological polar surface area (TPSA) is 69.6 Å². The third kappa shape index (κ3) is 5.26. The number of nitrogens with one attached hydrogen (secondary N) is 1. The zero-order valence-electron chi connectivity index (χ0n) is 11.2. The maximum absolute atomic E-state index is 11.9. The minimum Gasteiger partial charge on any atom is -0.481 e. The van der Waals surface area contributed by atoms with Crippen LogP contribution in [0.4, 0.5) is 18.0 Å². The number of hydrogen-bond acceptors (Lipinski definition) is 2. The summed E-state index contributed by atoms with van der Waals surface area (Å²) in [5.74, 6) is -1.33. The fraction of sp³-hybridized carbons (Fsp3) is 0.833. The SMILES string of the molecule is CC1CC(C(=O)O)CCN1C(=O)NCCCC(F)(F)F. The molecule has 1 aliphatic heterocycles. The number of aliphatic carboxylic acids is 1. The van der Waals surface area contributed by atoms with Crippen LogP contribution in [0.25, 0.3) is 0 Å². The predicted molar refractivity (Wildman–Crippen MR) is 65.2 cm³/mol. The molecule has 8 heteroatoms. The first kappa shape index (κ1) is 16.6. The molecule has 1 saturated heterocycles. The van der Waals surface area contributed by atoms with Crippen molar-refractivity contribution in [3.63, 3.8) is 0 Å². The second-order valence-electron chi connectivity index (χ2n) is 5.05. The molecule has 1 rings (SSSR count). The summed E-state index contributed by atoms with van der Waals surface area (Å²) in [4.78, 5) is 24.1. The summed E-state index contributed by atoms with van der Waals surface area (Å²) in [6.45, 7) is 2.01. The van der Waals surface area contributed by atoms with E-state index in [1.165, 1.54) is 4.90 Å². The van der Waals surface area contributed by atoms with E-state index in [2.05, 4.69) is 5.32 Å². The Morgan fingerprint density at radius 3 is 2.55 bits per heavy atom. The highest BCUT2D eigenvalue weighted by molar-refractivity contribution is 5.75. The lowest BCUT2D eigenvalue weighted by Crippen LogP contribution is -2.50. The van der Waals surface area contributed by atoms with Gasteiger partial charge < -0.3 is 15.3 Å². The van der Waals surface area contributed by atoms with E-state index in [1.54, 1.807) is 6.92 Å². The van der Waals surface area contributed by atoms with Gasteiger partial charge in [-0.05, 0) is 26.2 Å². The van der Waals surface area contributed by atoms with Gasteiger partial charge in [0.25, 0.3) is 0 Å². The van der Waals surface area contributed by atoms with E-state index in [-0.39, 0.29) is 19.0 Å². The number of alkyl halides is 3. The molecule has 1 aliphatic rings. The van der Waals surface area contributed by atoms with Gasteiger partial charge in [0.1, 0.15) is 0 Å². The summed E-state index contributed by atoms with van der Waals surface area (Å²) in [7, 11) is 0. The summed E-state index contributed by atoms with van der Waals surface area (Å²) in [6.07, 6.45) is -4.56. The fourth-order valence-electron chi connectivity index (χ4n) is 2.28. The second kappa shape index (κ2) is 6.81. The van der Waals surface area contributed by atoms with E-state index >= 15 is 0 Å². The number of carboxylic acids is 1. The summed E-state index contributed by atoms with van der Waals surface area (Å²) in [6, 6.07) is -0.657. The Balaban J connectivity index is 2.32. The number of piperidine rings is 1. The third-order valence-corrected chi connectivity index (χ3v) is 3.40. The summed E-state index contributed by atoms with van der Waals surface area (Å²) in [5, 5.41) is 11.3. The number of urea groups is 1. The molecule has 0 radical (unpaired) electrons. The van der Waals surface area contributed by atoms with Crippen LogP contribution < -0.4 is 5.32 Å². The highest BCUT2D eigenvalue weighted by atomic mass is 19.4. The van der Waals surface area contributed by atoms with Crippen LogP contribution in [0.15, 0.2) is 0 Å². The molecule has 0 spiro atoms. The van der Waals surface area contributed by atoms with Crippen LogP contribution in [0.2, 0.25) is 0 Å². The fourth-order valence-corrected chi connectivity index (χ4v) is 2.28. The van der Waals surface area contributed by atoms with E-state index in [1.807, 2.05) is 0 Å². The molecule has 0 saturated carbocycles. The van der Waals surface area contributed by atoms with Gasteiger partial charge in [-0.1, -0.05) is 0 Å². The van der Waals surface area contributed by atoms with Crippen molar-refractivity contribution in [1.82, 2.24) is 10.2 Å². The average Bonchev–Trinajstić information content (AvgIpc) is 2.33. The molecular weight excluding hydrogens is 277 g/mol. The number of carbonyl (C=O) groups excluding carboxylic acids is 1. The highest BCUT2D eigenvalue weighted by Gasteiger charge is 2.32. The Kier molecular flexibility index (Phi) is 5.64. The number of rotatable bonds is 4. The molecule has 0 aromatic rings. The Hall–Kier alpha value is -1.47. The van der Waals surface area contributed by atoms with E-state index < -0.39 is 30.5 Å². The molecule has 20 heavy (non-hydrogen) atoms. The van der Waals surface area contributed by atoms with Gasteiger partial charge in [0, 0.05) is 25.6 Å². The normalized spacial score (nSPS) is 23.5. The molecule has 0 bridgehead atoms. The number of halogens is 3. The van der Waals surface area contributed by atoms with Gasteiger partial charge in [-0.25, -0.2) is 4.79 Å². The van der Waals surface area contributed by atoms with Crippen molar-refractivity contribution >= 4 is 12.0 Å². The van der Waals surface area contributed by atoms with Crippen molar-refractivity contribution in [2.45, 2.75) is 44.8 Å². The molecule has 0 aromatic carbocycles. The number of hydrogen-bond donors (Lipinski definition) is 2. The zero-order chi connectivity index (χ0) is 15.3. The molecular formula is C12H19F3N2O3. The maximum atomic E-state index is 11.9. The predicted octanol–water partition coefficient (Wildman–Crippen LogP) is 2.22. The molecule has 0 aliphatic carbocycles. The van der Waals surface area contributed by atoms with Crippen LogP contribution in [0.3, 0.4) is 0 Å². The van der Waals surface area contributed by atoms with E-state index in [0.29, 0.717) is 19.4 Å². The molecule has 5 nitrogen and oxygen atoms in total. The molecule has 1 heterocycles. The largest absolute Gasteiger partial charge is 0.481 e. The van der Waals surface area contributed by atoms with Gasteiger partial charge in [0.2, 0.25) is 0 Å². The Morgan fingerprint density at radius 2 is 2.05 bits per heavy atom. The summed E-state index contributed by atoms with van der Waals surface area (Å²) >= 11 is 0. The molecule has 2 unspecified atom stereocenters. The Labute approximate surface area is 115 Å². The van der Waals surface area contributed by atoms with Crippen LogP contribution in [0.1, 0.15) is 32.6 Å². The minimum absolute atomic E-state index is 0.0378. The zero-order valence-corrected chi connectivity index (χ0v) is 11.2. The lowest BCUT2D eigenvalue weighted by molar-refractivity contribution is -0.143. The molecule has 116 valence electrons. The average molecular weight is 296 g/mol. The summed E-state index contributed by atoms with van der Waals surface area (Å²) in [5.41, 5.74) is 0. The van der Waals surface area contributed by atoms with E-state index in [4.69, 9.17) is 5.11 Å². The van der Waals surface area contributed by atoms with Gasteiger partial charge in [-0.3, -0.25) is 4.79 Å². The van der Waals surface area contributed by atoms with Gasteiger partial charge in [-0.2, -0.15) is 13.2 Å². The molecule has 2 N–H and O–H groups in total. The van der Waals surface area contributed by atoms with Gasteiger partial charge in [0.15, 0.2) is 0 Å². The first-order valence-electron chi connectivity index (χ1n) is 6.54. The third-order valence-electron chi connectivity index (χ3n) is 3.40. The van der Waals surface area contributed by atoms with Crippen molar-refractivity contribution in [2.75, 3.05) is 13.1 Å². The first-order valence-corrected chi connectivity index (χ1v) is 6.54. The summed E-state index contributed by atoms with van der Waals surface area (Å²) < 4.78 is 35.8. The van der Waals surface area contributed by atoms with Crippen LogP contribution >= 0.6 is 0 Å². The molecule has 2 amide bonds. The lowest BCUT2D eigenvalue weighted by Gasteiger charge is -2.36. The van der Waals surface area contributed by atoms with Crippen molar-refractivity contribution in [1.29, 1.82) is 0 Å². The quantitative estimate of drug-likeness (QED) is 0.782. The van der Waals surface area contributed by atoms with Crippen LogP contribution in [-0.2, 0) is 4.79 Å². The smallest absolute Gasteiger partial charge is 0.389 e. The number of likely N-dealkylation sites (tertiary alicyclic amines) is 1. The highest BCUT2D eigenvalue weighted by Crippen LogP contribution is 2.23. The van der Waals surface area contributed by atoms with E-state index in [0.717, 1.165) is 0 Å². The van der Waals surface area contributed by atoms with Crippen LogP contribution in [0.5, 0.6) is 0 Å². The van der Waals surface area contributed by atoms with Crippen molar-refractivity contribution in [3.05, 3.63) is 0 Å². The van der Waals surface area contributed by atoms with Gasteiger partial charge >= 0.3 is 18.2 Å². The molecule has 2 atom stereocenters. The standard InChI is InChI=1S/C12H19F3N2O3/c1-8-7-9(10(18)19)3-6-17(8)11(20)16-5-2-4-12(13,14)15/h8-9H,2-7H2,1H3,(H,16,20)(H,18,19). The van der Waals surface area contributed by atoms with Gasteiger partial charge in [0.05, 0.1) is 5.92 Å². The van der Waals surface area contributed by atoms with E-state index in [9.17, 15) is 22.8 Å². The monoisotopic (exact) mass is 296 g/mol. The van der Waals surface area contributed by atoms with Crippen molar-refractivity contribution in [2.24, 2.45) is 5.92 Å². The molecule has 0 aromatic heterocycles. The number of carboxylic acid groups (broad SMARTS) is 1. The number of carbonyl (C=O) groups is 2. The van der Waals surface area contributed by atoms with Crippen LogP contribution in [-0.4, -0.2) is 47.3 Å². The maximum Gasteiger partial charge on any atom is 0.389 e. The number of nitrogens with zero attached hydrogens (tertiary/aromatic N) is 1. The molecule has 1 fully saturated rings. The lowest BCUT2D eigenvalue weighted by atomic mass is 9.92. The Bertz CT molecular complexity index is 360. The van der Waals surface area contributed by atoms with Crippen LogP contribution in [0, 0.1) is 5.92 Å². The van der Waals surface area contributed by atoms with Crippen molar-refractivity contribution < 1.29 is 27.9 Å². The first-order chi connectivity index (χ1) is 9.20. The van der Waals surface area contributed by atoms with Gasteiger partial charge in [-0.15, -0.1) is 0 Å².